The van der Waals surface area contributed by atoms with Crippen molar-refractivity contribution in [3.8, 4) is 0 Å². The fourth-order valence-electron chi connectivity index (χ4n) is 2.32. The average Bonchev–Trinajstić information content (AvgIpc) is 2.38. The monoisotopic (exact) mass is 318 g/mol. The molecule has 0 aromatic heterocycles. The molecular formula is C12H15ClN2O4S. The van der Waals surface area contributed by atoms with E-state index < -0.39 is 14.9 Å². The van der Waals surface area contributed by atoms with Gasteiger partial charge < -0.3 is 0 Å². The molecule has 110 valence electrons. The highest BCUT2D eigenvalue weighted by atomic mass is 35.5. The van der Waals surface area contributed by atoms with Gasteiger partial charge in [-0.2, -0.15) is 4.31 Å². The third-order valence-corrected chi connectivity index (χ3v) is 5.71. The van der Waals surface area contributed by atoms with Gasteiger partial charge in [-0.15, -0.1) is 0 Å². The van der Waals surface area contributed by atoms with Gasteiger partial charge in [0.05, 0.1) is 9.95 Å². The lowest BCUT2D eigenvalue weighted by Gasteiger charge is -2.30. The first kappa shape index (κ1) is 15.2. The molecule has 0 saturated carbocycles. The average molecular weight is 319 g/mol. The first-order valence-corrected chi connectivity index (χ1v) is 8.08. The Labute approximate surface area is 122 Å². The molecule has 1 atom stereocenters. The lowest BCUT2D eigenvalue weighted by molar-refractivity contribution is -0.384. The van der Waals surface area contributed by atoms with Crippen molar-refractivity contribution in [3.63, 3.8) is 0 Å². The molecule has 20 heavy (non-hydrogen) atoms. The Kier molecular flexibility index (Phi) is 4.31. The summed E-state index contributed by atoms with van der Waals surface area (Å²) >= 11 is 5.90. The normalized spacial score (nSPS) is 20.8. The minimum absolute atomic E-state index is 0.0705. The second kappa shape index (κ2) is 5.67. The number of nitro benzene ring substituents is 1. The molecule has 1 aromatic rings. The largest absolute Gasteiger partial charge is 0.271 e. The van der Waals surface area contributed by atoms with E-state index >= 15 is 0 Å². The third kappa shape index (κ3) is 2.94. The van der Waals surface area contributed by atoms with Crippen molar-refractivity contribution >= 4 is 27.3 Å². The summed E-state index contributed by atoms with van der Waals surface area (Å²) < 4.78 is 26.4. The first-order chi connectivity index (χ1) is 9.32. The van der Waals surface area contributed by atoms with Gasteiger partial charge in [-0.3, -0.25) is 10.1 Å². The first-order valence-electron chi connectivity index (χ1n) is 6.26. The number of hydrogen-bond donors (Lipinski definition) is 0. The topological polar surface area (TPSA) is 80.5 Å². The van der Waals surface area contributed by atoms with E-state index in [2.05, 4.69) is 0 Å². The number of rotatable bonds is 3. The van der Waals surface area contributed by atoms with Crippen molar-refractivity contribution < 1.29 is 13.3 Å². The van der Waals surface area contributed by atoms with Crippen LogP contribution in [0.4, 0.5) is 5.69 Å². The summed E-state index contributed by atoms with van der Waals surface area (Å²) in [5, 5.41) is 10.5. The number of benzene rings is 1. The van der Waals surface area contributed by atoms with Gasteiger partial charge in [0.25, 0.3) is 5.69 Å². The standard InChI is InChI=1S/C12H15ClN2O4S/c1-9-3-2-6-14(8-9)20(18,19)12-5-4-10(15(16)17)7-11(12)13/h4-5,7,9H,2-3,6,8H2,1H3. The minimum atomic E-state index is -3.69. The van der Waals surface area contributed by atoms with Crippen LogP contribution < -0.4 is 0 Å². The molecule has 0 aliphatic carbocycles. The molecule has 1 unspecified atom stereocenters. The van der Waals surface area contributed by atoms with Crippen LogP contribution in [0.5, 0.6) is 0 Å². The van der Waals surface area contributed by atoms with Crippen LogP contribution in [-0.2, 0) is 10.0 Å². The van der Waals surface area contributed by atoms with Gasteiger partial charge in [-0.05, 0) is 24.8 Å². The smallest absolute Gasteiger partial charge is 0.258 e. The number of hydrogen-bond acceptors (Lipinski definition) is 4. The SMILES string of the molecule is CC1CCCN(S(=O)(=O)c2ccc([N+](=O)[O-])cc2Cl)C1. The number of nitrogens with zero attached hydrogens (tertiary/aromatic N) is 2. The number of non-ortho nitro benzene ring substituents is 1. The number of halogens is 1. The van der Waals surface area contributed by atoms with Crippen LogP contribution in [0.25, 0.3) is 0 Å². The summed E-state index contributed by atoms with van der Waals surface area (Å²) in [4.78, 5) is 9.97. The Bertz CT molecular complexity index is 632. The van der Waals surface area contributed by atoms with Crippen LogP contribution in [0.3, 0.4) is 0 Å². The molecule has 1 fully saturated rings. The molecule has 1 saturated heterocycles. The summed E-state index contributed by atoms with van der Waals surface area (Å²) in [6, 6.07) is 3.43. The van der Waals surface area contributed by atoms with E-state index in [0.717, 1.165) is 25.0 Å². The van der Waals surface area contributed by atoms with E-state index in [9.17, 15) is 18.5 Å². The van der Waals surface area contributed by atoms with E-state index in [1.54, 1.807) is 0 Å². The maximum absolute atomic E-state index is 12.5. The minimum Gasteiger partial charge on any atom is -0.258 e. The molecule has 2 rings (SSSR count). The van der Waals surface area contributed by atoms with Gasteiger partial charge in [0.15, 0.2) is 0 Å². The zero-order valence-electron chi connectivity index (χ0n) is 11.0. The fraction of sp³-hybridized carbons (Fsp3) is 0.500. The van der Waals surface area contributed by atoms with Gasteiger partial charge in [-0.1, -0.05) is 18.5 Å². The highest BCUT2D eigenvalue weighted by molar-refractivity contribution is 7.89. The molecule has 0 radical (unpaired) electrons. The van der Waals surface area contributed by atoms with Gasteiger partial charge in [0.2, 0.25) is 10.0 Å². The third-order valence-electron chi connectivity index (χ3n) is 3.36. The molecule has 1 aliphatic heterocycles. The number of sulfonamides is 1. The Hall–Kier alpha value is -1.18. The van der Waals surface area contributed by atoms with E-state index in [0.29, 0.717) is 19.0 Å². The molecular weight excluding hydrogens is 304 g/mol. The Balaban J connectivity index is 2.36. The van der Waals surface area contributed by atoms with Crippen LogP contribution in [0, 0.1) is 16.0 Å². The molecule has 0 N–H and O–H groups in total. The summed E-state index contributed by atoms with van der Waals surface area (Å²) in [5.41, 5.74) is -0.221. The van der Waals surface area contributed by atoms with E-state index in [4.69, 9.17) is 11.6 Å². The number of nitro groups is 1. The van der Waals surface area contributed by atoms with E-state index in [1.165, 1.54) is 10.4 Å². The predicted octanol–water partition coefficient (Wildman–Crippen LogP) is 2.67. The molecule has 8 heteroatoms. The zero-order chi connectivity index (χ0) is 14.9. The van der Waals surface area contributed by atoms with Crippen molar-refractivity contribution in [3.05, 3.63) is 33.3 Å². The molecule has 0 amide bonds. The highest BCUT2D eigenvalue weighted by Gasteiger charge is 2.30. The molecule has 1 heterocycles. The Morgan fingerprint density at radius 3 is 2.70 bits per heavy atom. The Morgan fingerprint density at radius 1 is 1.45 bits per heavy atom. The maximum Gasteiger partial charge on any atom is 0.271 e. The van der Waals surface area contributed by atoms with Crippen LogP contribution in [0.15, 0.2) is 23.1 Å². The molecule has 0 bridgehead atoms. The predicted molar refractivity (Wildman–Crippen MR) is 75.3 cm³/mol. The van der Waals surface area contributed by atoms with Gasteiger partial charge in [-0.25, -0.2) is 8.42 Å². The van der Waals surface area contributed by atoms with Crippen molar-refractivity contribution in [2.45, 2.75) is 24.7 Å². The number of piperidine rings is 1. The van der Waals surface area contributed by atoms with Crippen LogP contribution in [0.2, 0.25) is 5.02 Å². The fourth-order valence-corrected chi connectivity index (χ4v) is 4.43. The van der Waals surface area contributed by atoms with Gasteiger partial charge >= 0.3 is 0 Å². The molecule has 1 aromatic carbocycles. The highest BCUT2D eigenvalue weighted by Crippen LogP contribution is 2.30. The zero-order valence-corrected chi connectivity index (χ0v) is 12.5. The summed E-state index contributed by atoms with van der Waals surface area (Å²) in [6.45, 7) is 2.91. The summed E-state index contributed by atoms with van der Waals surface area (Å²) in [6.07, 6.45) is 1.81. The second-order valence-electron chi connectivity index (χ2n) is 4.98. The van der Waals surface area contributed by atoms with E-state index in [-0.39, 0.29) is 15.6 Å². The van der Waals surface area contributed by atoms with Gasteiger partial charge in [0.1, 0.15) is 4.90 Å². The van der Waals surface area contributed by atoms with Crippen molar-refractivity contribution in [2.24, 2.45) is 5.92 Å². The molecule has 1 aliphatic rings. The van der Waals surface area contributed by atoms with Crippen LogP contribution in [0.1, 0.15) is 19.8 Å². The van der Waals surface area contributed by atoms with Crippen LogP contribution >= 0.6 is 11.6 Å². The quantitative estimate of drug-likeness (QED) is 0.634. The van der Waals surface area contributed by atoms with Crippen molar-refractivity contribution in [1.29, 1.82) is 0 Å². The maximum atomic E-state index is 12.5. The van der Waals surface area contributed by atoms with Crippen molar-refractivity contribution in [1.82, 2.24) is 4.31 Å². The lowest BCUT2D eigenvalue weighted by atomic mass is 10.0. The molecule has 6 nitrogen and oxygen atoms in total. The summed E-state index contributed by atoms with van der Waals surface area (Å²) in [7, 11) is -3.69. The van der Waals surface area contributed by atoms with E-state index in [1.807, 2.05) is 6.92 Å². The Morgan fingerprint density at radius 2 is 2.15 bits per heavy atom. The van der Waals surface area contributed by atoms with Crippen molar-refractivity contribution in [2.75, 3.05) is 13.1 Å². The van der Waals surface area contributed by atoms with Crippen LogP contribution in [-0.4, -0.2) is 30.7 Å². The summed E-state index contributed by atoms with van der Waals surface area (Å²) in [5.74, 6) is 0.301. The van der Waals surface area contributed by atoms with Gasteiger partial charge in [0, 0.05) is 25.2 Å². The lowest BCUT2D eigenvalue weighted by Crippen LogP contribution is -2.39. The molecule has 0 spiro atoms. The second-order valence-corrected chi connectivity index (χ2v) is 7.30.